The molecule has 0 bridgehead atoms. The second-order valence-electron chi connectivity index (χ2n) is 6.48. The normalized spacial score (nSPS) is 10.8. The van der Waals surface area contributed by atoms with E-state index in [-0.39, 0.29) is 11.7 Å². The number of thioether (sulfide) groups is 1. The second-order valence-corrected chi connectivity index (χ2v) is 8.69. The van der Waals surface area contributed by atoms with Crippen LogP contribution in [0.4, 0.5) is 5.69 Å². The van der Waals surface area contributed by atoms with Crippen LogP contribution in [0, 0.1) is 13.8 Å². The van der Waals surface area contributed by atoms with Crippen LogP contribution in [0.15, 0.2) is 46.0 Å². The zero-order valence-electron chi connectivity index (χ0n) is 16.2. The SMILES string of the molecule is Cc1ccc(OCc2nnc(SCC(=O)Nc3ccc(Br)c(Cl)c3)n2C)c(C)c1. The van der Waals surface area contributed by atoms with Crippen molar-refractivity contribution in [3.8, 4) is 5.75 Å². The van der Waals surface area contributed by atoms with Gasteiger partial charge in [-0.05, 0) is 59.6 Å². The molecule has 0 unspecified atom stereocenters. The van der Waals surface area contributed by atoms with Crippen molar-refractivity contribution in [1.29, 1.82) is 0 Å². The second kappa shape index (κ2) is 9.65. The fraction of sp³-hybridized carbons (Fsp3) is 0.250. The first-order valence-electron chi connectivity index (χ1n) is 8.79. The molecule has 1 heterocycles. The summed E-state index contributed by atoms with van der Waals surface area (Å²) in [5.41, 5.74) is 2.91. The molecule has 0 aliphatic rings. The number of nitrogens with one attached hydrogen (secondary N) is 1. The van der Waals surface area contributed by atoms with Gasteiger partial charge in [-0.3, -0.25) is 4.79 Å². The third-order valence-electron chi connectivity index (χ3n) is 4.15. The molecule has 1 N–H and O–H groups in total. The van der Waals surface area contributed by atoms with Crippen LogP contribution in [0.5, 0.6) is 5.75 Å². The molecule has 6 nitrogen and oxygen atoms in total. The fourth-order valence-corrected chi connectivity index (χ4v) is 3.76. The Kier molecular flexibility index (Phi) is 7.21. The monoisotopic (exact) mass is 494 g/mol. The molecule has 0 aliphatic carbocycles. The van der Waals surface area contributed by atoms with Crippen LogP contribution in [0.25, 0.3) is 0 Å². The average Bonchev–Trinajstić information content (AvgIpc) is 3.02. The lowest BCUT2D eigenvalue weighted by Gasteiger charge is -2.09. The summed E-state index contributed by atoms with van der Waals surface area (Å²) >= 11 is 10.7. The van der Waals surface area contributed by atoms with Crippen molar-refractivity contribution >= 4 is 50.9 Å². The Labute approximate surface area is 187 Å². The molecule has 1 aromatic heterocycles. The van der Waals surface area contributed by atoms with Gasteiger partial charge in [-0.25, -0.2) is 0 Å². The molecule has 0 saturated heterocycles. The van der Waals surface area contributed by atoms with E-state index in [0.29, 0.717) is 28.3 Å². The minimum atomic E-state index is -0.149. The van der Waals surface area contributed by atoms with E-state index in [1.54, 1.807) is 18.2 Å². The largest absolute Gasteiger partial charge is 0.485 e. The Morgan fingerprint density at radius 1 is 1.24 bits per heavy atom. The molecule has 9 heteroatoms. The van der Waals surface area contributed by atoms with Gasteiger partial charge in [0.2, 0.25) is 5.91 Å². The molecule has 0 aliphatic heterocycles. The lowest BCUT2D eigenvalue weighted by atomic mass is 10.1. The Bertz CT molecular complexity index is 1040. The summed E-state index contributed by atoms with van der Waals surface area (Å²) in [5.74, 6) is 1.56. The summed E-state index contributed by atoms with van der Waals surface area (Å²) in [4.78, 5) is 12.2. The minimum Gasteiger partial charge on any atom is -0.485 e. The molecule has 0 radical (unpaired) electrons. The average molecular weight is 496 g/mol. The standard InChI is InChI=1S/C20H20BrClN4O2S/c1-12-4-7-17(13(2)8-12)28-10-18-24-25-20(26(18)3)29-11-19(27)23-14-5-6-15(21)16(22)9-14/h4-9H,10-11H2,1-3H3,(H,23,27). The quantitative estimate of drug-likeness (QED) is 0.459. The number of rotatable bonds is 7. The molecule has 3 aromatic rings. The maximum Gasteiger partial charge on any atom is 0.234 e. The molecule has 0 spiro atoms. The van der Waals surface area contributed by atoms with E-state index in [1.165, 1.54) is 17.3 Å². The van der Waals surface area contributed by atoms with Crippen LogP contribution in [-0.2, 0) is 18.4 Å². The van der Waals surface area contributed by atoms with Crippen LogP contribution < -0.4 is 10.1 Å². The minimum absolute atomic E-state index is 0.149. The highest BCUT2D eigenvalue weighted by atomic mass is 79.9. The van der Waals surface area contributed by atoms with E-state index in [4.69, 9.17) is 16.3 Å². The van der Waals surface area contributed by atoms with Gasteiger partial charge in [-0.15, -0.1) is 10.2 Å². The van der Waals surface area contributed by atoms with Crippen molar-refractivity contribution < 1.29 is 9.53 Å². The zero-order valence-corrected chi connectivity index (χ0v) is 19.4. The predicted octanol–water partition coefficient (Wildman–Crippen LogP) is 5.16. The van der Waals surface area contributed by atoms with E-state index >= 15 is 0 Å². The van der Waals surface area contributed by atoms with Crippen LogP contribution in [0.3, 0.4) is 0 Å². The van der Waals surface area contributed by atoms with Crippen molar-refractivity contribution in [3.63, 3.8) is 0 Å². The highest BCUT2D eigenvalue weighted by molar-refractivity contribution is 9.10. The maximum absolute atomic E-state index is 12.2. The number of aryl methyl sites for hydroxylation is 2. The highest BCUT2D eigenvalue weighted by Gasteiger charge is 2.13. The highest BCUT2D eigenvalue weighted by Crippen LogP contribution is 2.26. The molecule has 29 heavy (non-hydrogen) atoms. The van der Waals surface area contributed by atoms with Crippen molar-refractivity contribution in [2.45, 2.75) is 25.6 Å². The molecule has 0 atom stereocenters. The smallest absolute Gasteiger partial charge is 0.234 e. The van der Waals surface area contributed by atoms with Crippen molar-refractivity contribution in [2.75, 3.05) is 11.1 Å². The fourth-order valence-electron chi connectivity index (χ4n) is 2.60. The van der Waals surface area contributed by atoms with Gasteiger partial charge in [0, 0.05) is 17.2 Å². The van der Waals surface area contributed by atoms with Gasteiger partial charge in [0.05, 0.1) is 10.8 Å². The number of carbonyl (C=O) groups excluding carboxylic acids is 1. The number of nitrogens with zero attached hydrogens (tertiary/aromatic N) is 3. The molecule has 0 saturated carbocycles. The number of hydrogen-bond acceptors (Lipinski definition) is 5. The number of carbonyl (C=O) groups is 1. The molecular weight excluding hydrogens is 476 g/mol. The molecule has 3 rings (SSSR count). The van der Waals surface area contributed by atoms with E-state index < -0.39 is 0 Å². The summed E-state index contributed by atoms with van der Waals surface area (Å²) in [7, 11) is 1.86. The lowest BCUT2D eigenvalue weighted by Crippen LogP contribution is -2.14. The van der Waals surface area contributed by atoms with Gasteiger partial charge in [-0.2, -0.15) is 0 Å². The van der Waals surface area contributed by atoms with Crippen molar-refractivity contribution in [2.24, 2.45) is 7.05 Å². The Morgan fingerprint density at radius 3 is 2.76 bits per heavy atom. The number of anilines is 1. The summed E-state index contributed by atoms with van der Waals surface area (Å²) in [6.07, 6.45) is 0. The van der Waals surface area contributed by atoms with Gasteiger partial charge in [-0.1, -0.05) is 41.1 Å². The third-order valence-corrected chi connectivity index (χ3v) is 6.40. The van der Waals surface area contributed by atoms with Gasteiger partial charge < -0.3 is 14.6 Å². The summed E-state index contributed by atoms with van der Waals surface area (Å²) in [6.45, 7) is 4.36. The number of hydrogen-bond donors (Lipinski definition) is 1. The van der Waals surface area contributed by atoms with Gasteiger partial charge in [0.25, 0.3) is 0 Å². The maximum atomic E-state index is 12.2. The van der Waals surface area contributed by atoms with Gasteiger partial charge in [0.1, 0.15) is 12.4 Å². The Hall–Kier alpha value is -2.03. The number of aromatic nitrogens is 3. The Balaban J connectivity index is 1.55. The predicted molar refractivity (Wildman–Crippen MR) is 120 cm³/mol. The van der Waals surface area contributed by atoms with E-state index in [2.05, 4.69) is 37.5 Å². The summed E-state index contributed by atoms with van der Waals surface area (Å²) < 4.78 is 8.48. The van der Waals surface area contributed by atoms with E-state index in [9.17, 15) is 4.79 Å². The third kappa shape index (κ3) is 5.74. The first-order chi connectivity index (χ1) is 13.8. The molecule has 152 valence electrons. The van der Waals surface area contributed by atoms with E-state index in [0.717, 1.165) is 15.8 Å². The first kappa shape index (κ1) is 21.7. The summed E-state index contributed by atoms with van der Waals surface area (Å²) in [6, 6.07) is 11.3. The number of benzene rings is 2. The van der Waals surface area contributed by atoms with Crippen LogP contribution >= 0.6 is 39.3 Å². The topological polar surface area (TPSA) is 69.0 Å². The van der Waals surface area contributed by atoms with Crippen molar-refractivity contribution in [1.82, 2.24) is 14.8 Å². The molecular formula is C20H20BrClN4O2S. The van der Waals surface area contributed by atoms with Crippen LogP contribution in [0.2, 0.25) is 5.02 Å². The molecule has 1 amide bonds. The lowest BCUT2D eigenvalue weighted by molar-refractivity contribution is -0.113. The number of halogens is 2. The Morgan fingerprint density at radius 2 is 2.03 bits per heavy atom. The first-order valence-corrected chi connectivity index (χ1v) is 10.9. The van der Waals surface area contributed by atoms with Crippen molar-refractivity contribution in [3.05, 3.63) is 62.8 Å². The van der Waals surface area contributed by atoms with Gasteiger partial charge in [0.15, 0.2) is 11.0 Å². The van der Waals surface area contributed by atoms with E-state index in [1.807, 2.05) is 37.6 Å². The zero-order chi connectivity index (χ0) is 21.0. The molecule has 2 aromatic carbocycles. The van der Waals surface area contributed by atoms with Gasteiger partial charge >= 0.3 is 0 Å². The number of amides is 1. The van der Waals surface area contributed by atoms with Crippen LogP contribution in [-0.4, -0.2) is 26.4 Å². The molecule has 0 fully saturated rings. The van der Waals surface area contributed by atoms with Crippen LogP contribution in [0.1, 0.15) is 17.0 Å². The number of ether oxygens (including phenoxy) is 1. The summed E-state index contributed by atoms with van der Waals surface area (Å²) in [5, 5.41) is 12.3.